The van der Waals surface area contributed by atoms with Gasteiger partial charge in [0.2, 0.25) is 0 Å². The van der Waals surface area contributed by atoms with Crippen LogP contribution in [-0.2, 0) is 9.09 Å². The van der Waals surface area contributed by atoms with E-state index in [2.05, 4.69) is 10.9 Å². The van der Waals surface area contributed by atoms with E-state index in [4.69, 9.17) is 4.89 Å². The lowest BCUT2D eigenvalue weighted by Crippen LogP contribution is -2.10. The van der Waals surface area contributed by atoms with Crippen LogP contribution < -0.4 is 0 Å². The van der Waals surface area contributed by atoms with E-state index in [1.54, 1.807) is 5.92 Å². The second kappa shape index (κ2) is 3.26. The summed E-state index contributed by atoms with van der Waals surface area (Å²) in [6.07, 6.45) is 4.50. The number of hydrogen-bond donors (Lipinski definition) is 1. The summed E-state index contributed by atoms with van der Waals surface area (Å²) in [7, 11) is -5.54. The van der Waals surface area contributed by atoms with Crippen molar-refractivity contribution < 1.29 is 27.2 Å². The summed E-state index contributed by atoms with van der Waals surface area (Å²) < 4.78 is 48.0. The molecule has 3 nitrogen and oxygen atoms in total. The zero-order chi connectivity index (χ0) is 9.12. The van der Waals surface area contributed by atoms with Gasteiger partial charge >= 0.3 is 13.5 Å². The summed E-state index contributed by atoms with van der Waals surface area (Å²) in [6.45, 7) is -0.840. The number of alkyl halides is 3. The lowest BCUT2D eigenvalue weighted by molar-refractivity contribution is -0.0695. The smallest absolute Gasteiger partial charge is 0.318 e. The first kappa shape index (κ1) is 10.5. The first-order valence-corrected chi connectivity index (χ1v) is 3.86. The van der Waals surface area contributed by atoms with Crippen LogP contribution in [0.3, 0.4) is 0 Å². The van der Waals surface area contributed by atoms with Crippen molar-refractivity contribution >= 4 is 7.60 Å². The summed E-state index contributed by atoms with van der Waals surface area (Å²) in [4.78, 5) is 8.09. The fourth-order valence-corrected chi connectivity index (χ4v) is 0.594. The van der Waals surface area contributed by atoms with E-state index >= 15 is 0 Å². The molecule has 0 aliphatic rings. The molecule has 0 heterocycles. The van der Waals surface area contributed by atoms with Gasteiger partial charge in [0, 0.05) is 0 Å². The van der Waals surface area contributed by atoms with Gasteiger partial charge in [-0.05, 0) is 0 Å². The molecule has 0 fully saturated rings. The van der Waals surface area contributed by atoms with Crippen molar-refractivity contribution in [1.29, 1.82) is 0 Å². The predicted molar refractivity (Wildman–Crippen MR) is 30.7 cm³/mol. The summed E-state index contributed by atoms with van der Waals surface area (Å²) in [6, 6.07) is 0. The fraction of sp³-hybridized carbons (Fsp3) is 0.500. The van der Waals surface area contributed by atoms with E-state index in [9.17, 15) is 17.7 Å². The van der Waals surface area contributed by atoms with E-state index in [1.165, 1.54) is 0 Å². The summed E-state index contributed by atoms with van der Waals surface area (Å²) in [5.41, 5.74) is 0. The van der Waals surface area contributed by atoms with Gasteiger partial charge < -0.3 is 4.89 Å². The van der Waals surface area contributed by atoms with Crippen LogP contribution >= 0.6 is 7.60 Å². The topological polar surface area (TPSA) is 46.5 Å². The second-order valence-corrected chi connectivity index (χ2v) is 3.27. The maximum atomic E-state index is 11.5. The lowest BCUT2D eigenvalue weighted by Gasteiger charge is -2.12. The van der Waals surface area contributed by atoms with Gasteiger partial charge in [0.25, 0.3) is 0 Å². The van der Waals surface area contributed by atoms with Crippen LogP contribution in [0.5, 0.6) is 0 Å². The summed E-state index contributed by atoms with van der Waals surface area (Å²) >= 11 is 0. The molecule has 7 heteroatoms. The molecule has 0 saturated carbocycles. The highest BCUT2D eigenvalue weighted by Crippen LogP contribution is 2.58. The maximum Gasteiger partial charge on any atom is 0.493 e. The molecule has 0 aromatic heterocycles. The minimum absolute atomic E-state index is 0.840. The molecule has 0 bridgehead atoms. The predicted octanol–water partition coefficient (Wildman–Crippen LogP) is 1.34. The van der Waals surface area contributed by atoms with Crippen LogP contribution in [0.1, 0.15) is 0 Å². The molecule has 1 unspecified atom stereocenters. The zero-order valence-electron chi connectivity index (χ0n) is 5.13. The highest BCUT2D eigenvalue weighted by atomic mass is 31.2. The molecule has 1 N–H and O–H groups in total. The fourth-order valence-electron chi connectivity index (χ4n) is 0.198. The Morgan fingerprint density at radius 1 is 1.64 bits per heavy atom. The Hall–Kier alpha value is -0.500. The molecule has 0 spiro atoms. The van der Waals surface area contributed by atoms with Gasteiger partial charge in [0.1, 0.15) is 6.61 Å². The summed E-state index contributed by atoms with van der Waals surface area (Å²) in [5, 5.41) is 0. The Morgan fingerprint density at radius 2 is 2.09 bits per heavy atom. The molecule has 1 atom stereocenters. The van der Waals surface area contributed by atoms with Crippen LogP contribution in [0.25, 0.3) is 0 Å². The molecular weight excluding hydrogens is 184 g/mol. The van der Waals surface area contributed by atoms with E-state index in [0.29, 0.717) is 0 Å². The van der Waals surface area contributed by atoms with Gasteiger partial charge in [-0.15, -0.1) is 6.42 Å². The van der Waals surface area contributed by atoms with Gasteiger partial charge in [-0.3, -0.25) is 9.09 Å². The molecule has 0 saturated heterocycles. The van der Waals surface area contributed by atoms with E-state index < -0.39 is 20.1 Å². The van der Waals surface area contributed by atoms with Gasteiger partial charge in [-0.25, -0.2) is 0 Å². The lowest BCUT2D eigenvalue weighted by atomic mass is 10.8. The number of hydrogen-bond acceptors (Lipinski definition) is 2. The third kappa shape index (κ3) is 2.93. The van der Waals surface area contributed by atoms with Gasteiger partial charge in [0.05, 0.1) is 0 Å². The minimum atomic E-state index is -5.54. The molecule has 64 valence electrons. The molecule has 0 amide bonds. The zero-order valence-corrected chi connectivity index (χ0v) is 6.02. The Balaban J connectivity index is 4.27. The van der Waals surface area contributed by atoms with Crippen LogP contribution in [-0.4, -0.2) is 17.4 Å². The van der Waals surface area contributed by atoms with Crippen molar-refractivity contribution in [3.05, 3.63) is 0 Å². The maximum absolute atomic E-state index is 11.5. The normalized spacial score (nSPS) is 17.0. The monoisotopic (exact) mass is 188 g/mol. The Kier molecular flexibility index (Phi) is 3.12. The Morgan fingerprint density at radius 3 is 2.36 bits per heavy atom. The van der Waals surface area contributed by atoms with Crippen molar-refractivity contribution in [2.24, 2.45) is 0 Å². The third-order valence-corrected chi connectivity index (χ3v) is 1.76. The van der Waals surface area contributed by atoms with Crippen molar-refractivity contribution in [1.82, 2.24) is 0 Å². The Labute approximate surface area is 60.7 Å². The van der Waals surface area contributed by atoms with Crippen molar-refractivity contribution in [3.63, 3.8) is 0 Å². The van der Waals surface area contributed by atoms with Crippen LogP contribution in [0.4, 0.5) is 13.2 Å². The van der Waals surface area contributed by atoms with Gasteiger partial charge in [0.15, 0.2) is 0 Å². The molecule has 0 aromatic rings. The van der Waals surface area contributed by atoms with E-state index in [1.807, 2.05) is 0 Å². The van der Waals surface area contributed by atoms with Crippen molar-refractivity contribution in [2.45, 2.75) is 5.92 Å². The Bertz CT molecular complexity index is 216. The van der Waals surface area contributed by atoms with Crippen LogP contribution in [0.15, 0.2) is 0 Å². The summed E-state index contributed by atoms with van der Waals surface area (Å²) in [5.74, 6) is -3.62. The number of rotatable bonds is 2. The van der Waals surface area contributed by atoms with Crippen LogP contribution in [0.2, 0.25) is 0 Å². The highest BCUT2D eigenvalue weighted by Gasteiger charge is 2.52. The second-order valence-electron chi connectivity index (χ2n) is 1.47. The quantitative estimate of drug-likeness (QED) is 0.525. The first-order valence-electron chi connectivity index (χ1n) is 2.29. The van der Waals surface area contributed by atoms with Crippen LogP contribution in [0, 0.1) is 12.3 Å². The van der Waals surface area contributed by atoms with Gasteiger partial charge in [-0.1, -0.05) is 5.92 Å². The SMILES string of the molecule is C#CCOP(=O)(O)C(F)(F)F. The largest absolute Gasteiger partial charge is 0.493 e. The van der Waals surface area contributed by atoms with Crippen molar-refractivity contribution in [2.75, 3.05) is 6.61 Å². The number of halogens is 3. The molecular formula is C4H4F3O3P. The van der Waals surface area contributed by atoms with Gasteiger partial charge in [-0.2, -0.15) is 13.2 Å². The van der Waals surface area contributed by atoms with E-state index in [-0.39, 0.29) is 0 Å². The molecule has 0 aliphatic carbocycles. The molecule has 0 rings (SSSR count). The van der Waals surface area contributed by atoms with Crippen molar-refractivity contribution in [3.8, 4) is 12.3 Å². The average molecular weight is 188 g/mol. The molecule has 0 aromatic carbocycles. The highest BCUT2D eigenvalue weighted by molar-refractivity contribution is 7.53. The van der Waals surface area contributed by atoms with E-state index in [0.717, 1.165) is 0 Å². The molecule has 11 heavy (non-hydrogen) atoms. The number of terminal acetylenes is 1. The average Bonchev–Trinajstić information content (AvgIpc) is 1.81. The minimum Gasteiger partial charge on any atom is -0.318 e. The third-order valence-electron chi connectivity index (χ3n) is 0.643. The first-order chi connectivity index (χ1) is 4.81. The standard InChI is InChI=1S/C4H4F3O3P/c1-2-3-10-11(8,9)4(5,6)7/h1H,3H2,(H,8,9). The molecule has 0 radical (unpaired) electrons. The molecule has 0 aliphatic heterocycles.